The number of hydrazine groups is 1. The molecule has 0 saturated carbocycles. The molecular formula is C20H23ClN4O2S. The molecule has 4 N–H and O–H groups in total. The van der Waals surface area contributed by atoms with E-state index >= 15 is 0 Å². The predicted molar refractivity (Wildman–Crippen MR) is 116 cm³/mol. The first-order valence-electron chi connectivity index (χ1n) is 8.89. The Morgan fingerprint density at radius 3 is 2.54 bits per heavy atom. The summed E-state index contributed by atoms with van der Waals surface area (Å²) in [6, 6.07) is 12.7. The average molecular weight is 419 g/mol. The Morgan fingerprint density at radius 1 is 1.07 bits per heavy atom. The molecule has 0 heterocycles. The largest absolute Gasteiger partial charge is 0.351 e. The Kier molecular flexibility index (Phi) is 8.22. The van der Waals surface area contributed by atoms with Gasteiger partial charge in [0.25, 0.3) is 5.91 Å². The average Bonchev–Trinajstić information content (AvgIpc) is 2.68. The lowest BCUT2D eigenvalue weighted by atomic mass is 10.1. The van der Waals surface area contributed by atoms with Crippen LogP contribution in [0.15, 0.2) is 42.5 Å². The predicted octanol–water partition coefficient (Wildman–Crippen LogP) is 3.35. The topological polar surface area (TPSA) is 82.3 Å². The maximum absolute atomic E-state index is 12.0. The zero-order chi connectivity index (χ0) is 20.5. The third kappa shape index (κ3) is 6.21. The molecule has 2 aromatic carbocycles. The van der Waals surface area contributed by atoms with Crippen LogP contribution in [0.5, 0.6) is 0 Å². The van der Waals surface area contributed by atoms with E-state index in [1.807, 2.05) is 25.1 Å². The third-order valence-corrected chi connectivity index (χ3v) is 4.58. The highest BCUT2D eigenvalue weighted by atomic mass is 35.5. The summed E-state index contributed by atoms with van der Waals surface area (Å²) in [6.45, 7) is 4.23. The van der Waals surface area contributed by atoms with Gasteiger partial charge in [-0.3, -0.25) is 20.4 Å². The van der Waals surface area contributed by atoms with E-state index in [1.54, 1.807) is 24.3 Å². The fraction of sp³-hybridized carbons (Fsp3) is 0.250. The molecule has 28 heavy (non-hydrogen) atoms. The summed E-state index contributed by atoms with van der Waals surface area (Å²) in [5.41, 5.74) is 8.70. The molecule has 0 aliphatic heterocycles. The van der Waals surface area contributed by atoms with Crippen molar-refractivity contribution in [2.24, 2.45) is 0 Å². The Morgan fingerprint density at radius 2 is 1.82 bits per heavy atom. The van der Waals surface area contributed by atoms with Gasteiger partial charge in [0.05, 0.1) is 10.6 Å². The number of para-hydroxylation sites is 1. The second-order valence-electron chi connectivity index (χ2n) is 6.08. The first-order chi connectivity index (χ1) is 13.4. The Labute approximate surface area is 175 Å². The summed E-state index contributed by atoms with van der Waals surface area (Å²) < 4.78 is 0. The van der Waals surface area contributed by atoms with Crippen molar-refractivity contribution >= 4 is 46.4 Å². The van der Waals surface area contributed by atoms with E-state index in [0.717, 1.165) is 23.2 Å². The van der Waals surface area contributed by atoms with Gasteiger partial charge in [-0.2, -0.15) is 0 Å². The highest BCUT2D eigenvalue weighted by molar-refractivity contribution is 7.80. The van der Waals surface area contributed by atoms with Gasteiger partial charge in [-0.15, -0.1) is 0 Å². The standard InChI is InChI=1S/C20H23ClN4O2S/c1-3-14-8-6-7-13(2)18(14)23-20(28)25-24-17(26)11-12-22-19(27)15-9-4-5-10-16(15)21/h4-10H,3,11-12H2,1-2H3,(H,22,27)(H,24,26)(H2,23,25,28). The lowest BCUT2D eigenvalue weighted by Crippen LogP contribution is -2.44. The number of amides is 2. The molecule has 0 fully saturated rings. The van der Waals surface area contributed by atoms with Crippen molar-refractivity contribution in [3.63, 3.8) is 0 Å². The van der Waals surface area contributed by atoms with Crippen LogP contribution in [0.2, 0.25) is 5.02 Å². The number of rotatable bonds is 6. The van der Waals surface area contributed by atoms with Gasteiger partial charge in [-0.25, -0.2) is 0 Å². The van der Waals surface area contributed by atoms with Crippen molar-refractivity contribution in [1.29, 1.82) is 0 Å². The number of aryl methyl sites for hydroxylation is 2. The van der Waals surface area contributed by atoms with Gasteiger partial charge in [-0.05, 0) is 48.8 Å². The van der Waals surface area contributed by atoms with Gasteiger partial charge >= 0.3 is 0 Å². The molecule has 0 radical (unpaired) electrons. The Balaban J connectivity index is 1.75. The highest BCUT2D eigenvalue weighted by Gasteiger charge is 2.10. The molecule has 0 spiro atoms. The van der Waals surface area contributed by atoms with E-state index in [0.29, 0.717) is 10.6 Å². The number of carbonyl (C=O) groups excluding carboxylic acids is 2. The van der Waals surface area contributed by atoms with Gasteiger partial charge in [0.1, 0.15) is 0 Å². The quantitative estimate of drug-likeness (QED) is 0.427. The molecule has 0 unspecified atom stereocenters. The maximum Gasteiger partial charge on any atom is 0.252 e. The lowest BCUT2D eigenvalue weighted by Gasteiger charge is -2.16. The van der Waals surface area contributed by atoms with Crippen LogP contribution in [-0.4, -0.2) is 23.5 Å². The van der Waals surface area contributed by atoms with Crippen LogP contribution >= 0.6 is 23.8 Å². The second-order valence-corrected chi connectivity index (χ2v) is 6.89. The van der Waals surface area contributed by atoms with Gasteiger partial charge in [0.15, 0.2) is 5.11 Å². The summed E-state index contributed by atoms with van der Waals surface area (Å²) >= 11 is 11.2. The summed E-state index contributed by atoms with van der Waals surface area (Å²) in [5.74, 6) is -0.626. The number of carbonyl (C=O) groups is 2. The maximum atomic E-state index is 12.0. The molecule has 2 rings (SSSR count). The van der Waals surface area contributed by atoms with Crippen molar-refractivity contribution < 1.29 is 9.59 Å². The van der Waals surface area contributed by atoms with E-state index < -0.39 is 0 Å². The normalized spacial score (nSPS) is 10.1. The van der Waals surface area contributed by atoms with E-state index in [-0.39, 0.29) is 29.9 Å². The monoisotopic (exact) mass is 418 g/mol. The molecule has 2 aromatic rings. The van der Waals surface area contributed by atoms with Crippen LogP contribution in [0.4, 0.5) is 5.69 Å². The van der Waals surface area contributed by atoms with Crippen LogP contribution in [0.25, 0.3) is 0 Å². The van der Waals surface area contributed by atoms with Crippen LogP contribution in [0.3, 0.4) is 0 Å². The number of anilines is 1. The number of nitrogens with one attached hydrogen (secondary N) is 4. The fourth-order valence-electron chi connectivity index (χ4n) is 2.57. The first kappa shape index (κ1) is 21.7. The molecule has 6 nitrogen and oxygen atoms in total. The van der Waals surface area contributed by atoms with E-state index in [1.165, 1.54) is 0 Å². The van der Waals surface area contributed by atoms with Gasteiger partial charge in [0, 0.05) is 18.7 Å². The van der Waals surface area contributed by atoms with Gasteiger partial charge < -0.3 is 10.6 Å². The smallest absolute Gasteiger partial charge is 0.252 e. The molecule has 0 aromatic heterocycles. The molecule has 0 atom stereocenters. The number of halogens is 1. The molecule has 0 aliphatic rings. The van der Waals surface area contributed by atoms with Crippen LogP contribution in [0.1, 0.15) is 34.8 Å². The number of benzene rings is 2. The summed E-state index contributed by atoms with van der Waals surface area (Å²) in [4.78, 5) is 24.0. The SMILES string of the molecule is CCc1cccc(C)c1NC(=S)NNC(=O)CCNC(=O)c1ccccc1Cl. The van der Waals surface area contributed by atoms with Crippen LogP contribution in [0, 0.1) is 6.92 Å². The van der Waals surface area contributed by atoms with Crippen LogP contribution in [-0.2, 0) is 11.2 Å². The first-order valence-corrected chi connectivity index (χ1v) is 9.68. The lowest BCUT2D eigenvalue weighted by molar-refractivity contribution is -0.121. The molecule has 0 aliphatic carbocycles. The van der Waals surface area contributed by atoms with Crippen molar-refractivity contribution in [1.82, 2.24) is 16.2 Å². The minimum atomic E-state index is -0.324. The number of hydrogen-bond donors (Lipinski definition) is 4. The molecule has 8 heteroatoms. The van der Waals surface area contributed by atoms with E-state index in [9.17, 15) is 9.59 Å². The van der Waals surface area contributed by atoms with Crippen molar-refractivity contribution in [2.45, 2.75) is 26.7 Å². The summed E-state index contributed by atoms with van der Waals surface area (Å²) in [7, 11) is 0. The van der Waals surface area contributed by atoms with E-state index in [2.05, 4.69) is 28.4 Å². The molecule has 2 amide bonds. The van der Waals surface area contributed by atoms with Gasteiger partial charge in [-0.1, -0.05) is 48.9 Å². The second kappa shape index (κ2) is 10.6. The summed E-state index contributed by atoms with van der Waals surface area (Å²) in [5, 5.41) is 6.42. The van der Waals surface area contributed by atoms with Gasteiger partial charge in [0.2, 0.25) is 5.91 Å². The zero-order valence-electron chi connectivity index (χ0n) is 15.8. The number of hydrogen-bond acceptors (Lipinski definition) is 3. The van der Waals surface area contributed by atoms with Crippen LogP contribution < -0.4 is 21.5 Å². The molecule has 148 valence electrons. The highest BCUT2D eigenvalue weighted by Crippen LogP contribution is 2.20. The Hall–Kier alpha value is -2.64. The fourth-order valence-corrected chi connectivity index (χ4v) is 2.94. The minimum Gasteiger partial charge on any atom is -0.351 e. The van der Waals surface area contributed by atoms with Crippen molar-refractivity contribution in [3.05, 3.63) is 64.2 Å². The minimum absolute atomic E-state index is 0.0936. The Bertz CT molecular complexity index is 873. The third-order valence-electron chi connectivity index (χ3n) is 4.05. The zero-order valence-corrected chi connectivity index (χ0v) is 17.3. The molecule has 0 bridgehead atoms. The van der Waals surface area contributed by atoms with Crippen molar-refractivity contribution in [3.8, 4) is 0 Å². The molecule has 0 saturated heterocycles. The molecular weight excluding hydrogens is 396 g/mol. The van der Waals surface area contributed by atoms with E-state index in [4.69, 9.17) is 23.8 Å². The van der Waals surface area contributed by atoms with Crippen molar-refractivity contribution in [2.75, 3.05) is 11.9 Å². The number of thiocarbonyl (C=S) groups is 1. The summed E-state index contributed by atoms with van der Waals surface area (Å²) in [6.07, 6.45) is 0.959.